The van der Waals surface area contributed by atoms with E-state index in [1.807, 2.05) is 60.7 Å². The van der Waals surface area contributed by atoms with Crippen LogP contribution in [0.5, 0.6) is 0 Å². The zero-order chi connectivity index (χ0) is 14.1. The fraction of sp³-hybridized carbons (Fsp3) is 0.200. The SMILES string of the molecule is C1=CCCC=CCC1.[Pt+2].[c-]1ccccc1.[c-]1ccccc1. The van der Waals surface area contributed by atoms with Gasteiger partial charge in [0.15, 0.2) is 0 Å². The second-order valence-electron chi connectivity index (χ2n) is 4.25. The first-order chi connectivity index (χ1) is 10.0. The summed E-state index contributed by atoms with van der Waals surface area (Å²) in [6.45, 7) is 0. The third-order valence-corrected chi connectivity index (χ3v) is 2.55. The smallest absolute Gasteiger partial charge is 0.184 e. The maximum Gasteiger partial charge on any atom is 2.00 e. The molecule has 0 bridgehead atoms. The van der Waals surface area contributed by atoms with Crippen molar-refractivity contribution in [1.29, 1.82) is 0 Å². The minimum Gasteiger partial charge on any atom is -0.184 e. The molecule has 1 aliphatic rings. The number of allylic oxidation sites excluding steroid dienone is 4. The van der Waals surface area contributed by atoms with E-state index >= 15 is 0 Å². The van der Waals surface area contributed by atoms with Crippen molar-refractivity contribution in [1.82, 2.24) is 0 Å². The molecule has 0 saturated carbocycles. The van der Waals surface area contributed by atoms with Gasteiger partial charge in [-0.3, -0.25) is 0 Å². The average Bonchev–Trinajstić information content (AvgIpc) is 2.51. The van der Waals surface area contributed by atoms with Crippen LogP contribution in [0.4, 0.5) is 0 Å². The first kappa shape index (κ1) is 19.6. The number of hydrogen-bond donors (Lipinski definition) is 0. The van der Waals surface area contributed by atoms with Gasteiger partial charge in [-0.05, 0) is 25.7 Å². The summed E-state index contributed by atoms with van der Waals surface area (Å²) >= 11 is 0. The van der Waals surface area contributed by atoms with Crippen molar-refractivity contribution >= 4 is 0 Å². The Balaban J connectivity index is 0.000000283. The second-order valence-corrected chi connectivity index (χ2v) is 4.25. The molecule has 2 aromatic carbocycles. The van der Waals surface area contributed by atoms with E-state index in [1.165, 1.54) is 25.7 Å². The predicted octanol–water partition coefficient (Wildman–Crippen LogP) is 5.64. The van der Waals surface area contributed by atoms with Crippen molar-refractivity contribution in [3.8, 4) is 0 Å². The fourth-order valence-corrected chi connectivity index (χ4v) is 1.54. The number of rotatable bonds is 0. The van der Waals surface area contributed by atoms with Crippen LogP contribution in [0.3, 0.4) is 0 Å². The Bertz CT molecular complexity index is 335. The molecule has 0 fully saturated rings. The van der Waals surface area contributed by atoms with Crippen molar-refractivity contribution in [3.63, 3.8) is 0 Å². The van der Waals surface area contributed by atoms with Gasteiger partial charge in [0.1, 0.15) is 0 Å². The Labute approximate surface area is 143 Å². The van der Waals surface area contributed by atoms with E-state index in [9.17, 15) is 0 Å². The molecule has 0 heterocycles. The monoisotopic (exact) mass is 457 g/mol. The van der Waals surface area contributed by atoms with Gasteiger partial charge in [-0.1, -0.05) is 24.3 Å². The molecule has 0 saturated heterocycles. The maximum atomic E-state index is 2.89. The zero-order valence-electron chi connectivity index (χ0n) is 12.2. The first-order valence-electron chi connectivity index (χ1n) is 7.12. The predicted molar refractivity (Wildman–Crippen MR) is 87.3 cm³/mol. The minimum absolute atomic E-state index is 0. The second kappa shape index (κ2) is 16.7. The summed E-state index contributed by atoms with van der Waals surface area (Å²) in [5, 5.41) is 0. The van der Waals surface area contributed by atoms with E-state index in [0.717, 1.165) is 0 Å². The molecule has 2 aromatic rings. The first-order valence-corrected chi connectivity index (χ1v) is 7.12. The zero-order valence-corrected chi connectivity index (χ0v) is 14.5. The van der Waals surface area contributed by atoms with Crippen LogP contribution in [0.15, 0.2) is 85.0 Å². The Hall–Kier alpha value is -1.39. The van der Waals surface area contributed by atoms with Crippen LogP contribution in [0.25, 0.3) is 0 Å². The molecule has 0 nitrogen and oxygen atoms in total. The van der Waals surface area contributed by atoms with Crippen molar-refractivity contribution in [3.05, 3.63) is 97.1 Å². The molecule has 1 aliphatic carbocycles. The molecule has 0 N–H and O–H groups in total. The van der Waals surface area contributed by atoms with Gasteiger partial charge in [-0.2, -0.15) is 72.8 Å². The molecular formula is C20H22Pt. The Kier molecular flexibility index (Phi) is 15.6. The molecule has 0 spiro atoms. The third-order valence-electron chi connectivity index (χ3n) is 2.55. The molecule has 0 unspecified atom stereocenters. The quantitative estimate of drug-likeness (QED) is 0.355. The minimum atomic E-state index is 0. The van der Waals surface area contributed by atoms with Crippen LogP contribution in [0, 0.1) is 12.1 Å². The summed E-state index contributed by atoms with van der Waals surface area (Å²) < 4.78 is 0. The summed E-state index contributed by atoms with van der Waals surface area (Å²) in [6, 6.07) is 25.0. The van der Waals surface area contributed by atoms with Crippen LogP contribution < -0.4 is 0 Å². The van der Waals surface area contributed by atoms with Gasteiger partial charge in [0.25, 0.3) is 0 Å². The summed E-state index contributed by atoms with van der Waals surface area (Å²) in [5.41, 5.74) is 0. The molecule has 3 rings (SSSR count). The molecule has 0 radical (unpaired) electrons. The summed E-state index contributed by atoms with van der Waals surface area (Å²) in [7, 11) is 0. The largest absolute Gasteiger partial charge is 2.00 e. The van der Waals surface area contributed by atoms with Crippen LogP contribution >= 0.6 is 0 Å². The van der Waals surface area contributed by atoms with E-state index in [2.05, 4.69) is 36.4 Å². The van der Waals surface area contributed by atoms with E-state index in [-0.39, 0.29) is 21.1 Å². The Morgan fingerprint density at radius 3 is 0.857 bits per heavy atom. The molecule has 112 valence electrons. The molecule has 21 heavy (non-hydrogen) atoms. The van der Waals surface area contributed by atoms with Gasteiger partial charge in [0.2, 0.25) is 0 Å². The molecule has 0 amide bonds. The summed E-state index contributed by atoms with van der Waals surface area (Å²) in [5.74, 6) is 0. The van der Waals surface area contributed by atoms with Crippen LogP contribution in [0.1, 0.15) is 25.7 Å². The fourth-order valence-electron chi connectivity index (χ4n) is 1.54. The van der Waals surface area contributed by atoms with Crippen LogP contribution in [0.2, 0.25) is 0 Å². The molecule has 0 aromatic heterocycles. The van der Waals surface area contributed by atoms with Crippen LogP contribution in [-0.2, 0) is 21.1 Å². The molecule has 0 aliphatic heterocycles. The average molecular weight is 457 g/mol. The Morgan fingerprint density at radius 2 is 0.714 bits per heavy atom. The normalized spacial score (nSPS) is 12.2. The summed E-state index contributed by atoms with van der Waals surface area (Å²) in [6.07, 6.45) is 14.0. The number of hydrogen-bond acceptors (Lipinski definition) is 0. The van der Waals surface area contributed by atoms with Crippen molar-refractivity contribution < 1.29 is 21.1 Å². The van der Waals surface area contributed by atoms with Gasteiger partial charge in [0, 0.05) is 0 Å². The number of benzene rings is 2. The van der Waals surface area contributed by atoms with Crippen molar-refractivity contribution in [2.45, 2.75) is 25.7 Å². The molecule has 1 heteroatoms. The van der Waals surface area contributed by atoms with Crippen LogP contribution in [-0.4, -0.2) is 0 Å². The molecular weight excluding hydrogens is 435 g/mol. The molecule has 0 atom stereocenters. The van der Waals surface area contributed by atoms with E-state index in [1.54, 1.807) is 0 Å². The topological polar surface area (TPSA) is 0 Å². The van der Waals surface area contributed by atoms with Gasteiger partial charge in [0.05, 0.1) is 0 Å². The van der Waals surface area contributed by atoms with Gasteiger partial charge < -0.3 is 0 Å². The third kappa shape index (κ3) is 14.8. The van der Waals surface area contributed by atoms with Crippen molar-refractivity contribution in [2.75, 3.05) is 0 Å². The van der Waals surface area contributed by atoms with Gasteiger partial charge >= 0.3 is 21.1 Å². The van der Waals surface area contributed by atoms with E-state index < -0.39 is 0 Å². The standard InChI is InChI=1S/C8H12.2C6H5.Pt/c1-2-4-6-8-7-5-3-1;2*1-2-4-6-5-3-1;/h1-2,7-8H,3-6H2;2*1-5H;/q;2*-1;+2. The summed E-state index contributed by atoms with van der Waals surface area (Å²) in [4.78, 5) is 0. The maximum absolute atomic E-state index is 2.89. The Morgan fingerprint density at radius 1 is 0.429 bits per heavy atom. The van der Waals surface area contributed by atoms with E-state index in [4.69, 9.17) is 0 Å². The van der Waals surface area contributed by atoms with Crippen molar-refractivity contribution in [2.24, 2.45) is 0 Å². The van der Waals surface area contributed by atoms with Gasteiger partial charge in [-0.15, -0.1) is 0 Å². The van der Waals surface area contributed by atoms with Gasteiger partial charge in [-0.25, -0.2) is 0 Å². The van der Waals surface area contributed by atoms with E-state index in [0.29, 0.717) is 0 Å².